The summed E-state index contributed by atoms with van der Waals surface area (Å²) in [7, 11) is -3.70. The van der Waals surface area contributed by atoms with Gasteiger partial charge in [-0.1, -0.05) is 13.0 Å². The van der Waals surface area contributed by atoms with Crippen LogP contribution >= 0.6 is 0 Å². The third kappa shape index (κ3) is 4.89. The first kappa shape index (κ1) is 21.4. The predicted molar refractivity (Wildman–Crippen MR) is 111 cm³/mol. The highest BCUT2D eigenvalue weighted by Gasteiger charge is 2.31. The number of benzene rings is 2. The van der Waals surface area contributed by atoms with Gasteiger partial charge >= 0.3 is 0 Å². The monoisotopic (exact) mass is 403 g/mol. The lowest BCUT2D eigenvalue weighted by molar-refractivity contribution is -0.117. The SMILES string of the molecule is CCC(C(=O)Nc1ccc(C(N)=O)cc1)N(c1ccc(C)c(C)c1)S(C)(=O)=O. The van der Waals surface area contributed by atoms with Gasteiger partial charge in [-0.25, -0.2) is 8.42 Å². The molecule has 0 radical (unpaired) electrons. The molecule has 0 aliphatic rings. The van der Waals surface area contributed by atoms with Crippen LogP contribution in [0, 0.1) is 13.8 Å². The van der Waals surface area contributed by atoms with Crippen molar-refractivity contribution >= 4 is 33.2 Å². The van der Waals surface area contributed by atoms with Crippen molar-refractivity contribution in [3.8, 4) is 0 Å². The van der Waals surface area contributed by atoms with Gasteiger partial charge in [-0.05, 0) is 67.8 Å². The first-order valence-electron chi connectivity index (χ1n) is 8.82. The van der Waals surface area contributed by atoms with Crippen molar-refractivity contribution in [2.75, 3.05) is 15.9 Å². The van der Waals surface area contributed by atoms with Crippen LogP contribution in [0.2, 0.25) is 0 Å². The number of carbonyl (C=O) groups is 2. The highest BCUT2D eigenvalue weighted by atomic mass is 32.2. The second-order valence-electron chi connectivity index (χ2n) is 6.68. The summed E-state index contributed by atoms with van der Waals surface area (Å²) in [5, 5.41) is 2.71. The molecule has 1 unspecified atom stereocenters. The first-order valence-corrected chi connectivity index (χ1v) is 10.7. The molecule has 1 atom stereocenters. The van der Waals surface area contributed by atoms with Gasteiger partial charge in [0.2, 0.25) is 21.8 Å². The molecule has 0 aromatic heterocycles. The van der Waals surface area contributed by atoms with E-state index in [2.05, 4.69) is 5.32 Å². The van der Waals surface area contributed by atoms with Crippen LogP contribution in [-0.2, 0) is 14.8 Å². The van der Waals surface area contributed by atoms with Crippen molar-refractivity contribution in [3.05, 3.63) is 59.2 Å². The molecule has 0 bridgehead atoms. The van der Waals surface area contributed by atoms with E-state index in [1.54, 1.807) is 31.2 Å². The van der Waals surface area contributed by atoms with Crippen LogP contribution in [0.1, 0.15) is 34.8 Å². The van der Waals surface area contributed by atoms with Gasteiger partial charge in [0.1, 0.15) is 6.04 Å². The number of sulfonamides is 1. The van der Waals surface area contributed by atoms with Crippen LogP contribution in [-0.4, -0.2) is 32.5 Å². The molecule has 2 rings (SSSR count). The van der Waals surface area contributed by atoms with Gasteiger partial charge in [-0.3, -0.25) is 13.9 Å². The Balaban J connectivity index is 2.35. The number of nitrogens with one attached hydrogen (secondary N) is 1. The lowest BCUT2D eigenvalue weighted by Gasteiger charge is -2.30. The third-order valence-electron chi connectivity index (χ3n) is 4.51. The summed E-state index contributed by atoms with van der Waals surface area (Å²) in [5.41, 5.74) is 8.38. The minimum atomic E-state index is -3.70. The summed E-state index contributed by atoms with van der Waals surface area (Å²) >= 11 is 0. The molecule has 2 aromatic rings. The first-order chi connectivity index (χ1) is 13.0. The average molecular weight is 404 g/mol. The van der Waals surface area contributed by atoms with Crippen molar-refractivity contribution in [2.45, 2.75) is 33.2 Å². The van der Waals surface area contributed by atoms with Gasteiger partial charge in [0.05, 0.1) is 11.9 Å². The van der Waals surface area contributed by atoms with Crippen molar-refractivity contribution < 1.29 is 18.0 Å². The lowest BCUT2D eigenvalue weighted by Crippen LogP contribution is -2.47. The zero-order valence-corrected chi connectivity index (χ0v) is 17.2. The molecule has 0 saturated heterocycles. The fourth-order valence-electron chi connectivity index (χ4n) is 2.87. The maximum absolute atomic E-state index is 12.9. The number of carbonyl (C=O) groups excluding carboxylic acids is 2. The predicted octanol–water partition coefficient (Wildman–Crippen LogP) is 2.59. The van der Waals surface area contributed by atoms with Crippen LogP contribution in [0.4, 0.5) is 11.4 Å². The number of amides is 2. The second-order valence-corrected chi connectivity index (χ2v) is 8.54. The molecule has 0 aliphatic heterocycles. The number of anilines is 2. The van der Waals surface area contributed by atoms with E-state index in [0.29, 0.717) is 16.9 Å². The lowest BCUT2D eigenvalue weighted by atomic mass is 10.1. The Morgan fingerprint density at radius 3 is 2.14 bits per heavy atom. The number of primary amides is 1. The quantitative estimate of drug-likeness (QED) is 0.740. The number of nitrogens with zero attached hydrogens (tertiary/aromatic N) is 1. The molecule has 0 fully saturated rings. The van der Waals surface area contributed by atoms with Crippen molar-refractivity contribution in [3.63, 3.8) is 0 Å². The number of aryl methyl sites for hydroxylation is 2. The average Bonchev–Trinajstić information content (AvgIpc) is 2.61. The largest absolute Gasteiger partial charge is 0.366 e. The fraction of sp³-hybridized carbons (Fsp3) is 0.300. The van der Waals surface area contributed by atoms with Crippen molar-refractivity contribution in [2.24, 2.45) is 5.73 Å². The van der Waals surface area contributed by atoms with Crippen molar-refractivity contribution in [1.82, 2.24) is 0 Å². The molecular weight excluding hydrogens is 378 g/mol. The van der Waals surface area contributed by atoms with Gasteiger partial charge < -0.3 is 11.1 Å². The topological polar surface area (TPSA) is 110 Å². The van der Waals surface area contributed by atoms with E-state index in [9.17, 15) is 18.0 Å². The van der Waals surface area contributed by atoms with Gasteiger partial charge in [0.25, 0.3) is 0 Å². The number of nitrogens with two attached hydrogens (primary N) is 1. The Bertz CT molecular complexity index is 985. The molecule has 150 valence electrons. The molecule has 0 aliphatic carbocycles. The molecule has 2 aromatic carbocycles. The van der Waals surface area contributed by atoms with Gasteiger partial charge in [-0.15, -0.1) is 0 Å². The fourth-order valence-corrected chi connectivity index (χ4v) is 4.07. The Morgan fingerprint density at radius 2 is 1.68 bits per heavy atom. The molecule has 0 heterocycles. The van der Waals surface area contributed by atoms with E-state index in [4.69, 9.17) is 5.73 Å². The van der Waals surface area contributed by atoms with Gasteiger partial charge in [-0.2, -0.15) is 0 Å². The minimum Gasteiger partial charge on any atom is -0.366 e. The third-order valence-corrected chi connectivity index (χ3v) is 5.69. The Labute approximate surface area is 165 Å². The number of hydrogen-bond acceptors (Lipinski definition) is 4. The normalized spacial score (nSPS) is 12.3. The molecule has 2 amide bonds. The zero-order valence-electron chi connectivity index (χ0n) is 16.4. The van der Waals surface area contributed by atoms with Crippen LogP contribution in [0.3, 0.4) is 0 Å². The molecule has 3 N–H and O–H groups in total. The zero-order chi connectivity index (χ0) is 21.1. The van der Waals surface area contributed by atoms with Crippen LogP contribution < -0.4 is 15.4 Å². The molecular formula is C20H25N3O4S. The highest BCUT2D eigenvalue weighted by Crippen LogP contribution is 2.25. The minimum absolute atomic E-state index is 0.283. The van der Waals surface area contributed by atoms with E-state index < -0.39 is 27.9 Å². The molecule has 0 spiro atoms. The molecule has 28 heavy (non-hydrogen) atoms. The summed E-state index contributed by atoms with van der Waals surface area (Å²) < 4.78 is 26.1. The molecule has 0 saturated carbocycles. The summed E-state index contributed by atoms with van der Waals surface area (Å²) in [4.78, 5) is 24.0. The second kappa shape index (κ2) is 8.43. The summed E-state index contributed by atoms with van der Waals surface area (Å²) in [6.07, 6.45) is 1.37. The number of rotatable bonds is 7. The maximum atomic E-state index is 12.9. The van der Waals surface area contributed by atoms with E-state index in [1.807, 2.05) is 19.9 Å². The standard InChI is InChI=1S/C20H25N3O4S/c1-5-18(20(25)22-16-9-7-15(8-10-16)19(21)24)23(28(4,26)27)17-11-6-13(2)14(3)12-17/h6-12,18H,5H2,1-4H3,(H2,21,24)(H,22,25). The van der Waals surface area contributed by atoms with Gasteiger partial charge in [0.15, 0.2) is 0 Å². The van der Waals surface area contributed by atoms with E-state index in [1.165, 1.54) is 12.1 Å². The van der Waals surface area contributed by atoms with E-state index in [0.717, 1.165) is 21.7 Å². The molecule has 8 heteroatoms. The summed E-state index contributed by atoms with van der Waals surface area (Å²) in [6, 6.07) is 10.4. The van der Waals surface area contributed by atoms with E-state index in [-0.39, 0.29) is 6.42 Å². The Morgan fingerprint density at radius 1 is 1.07 bits per heavy atom. The number of hydrogen-bond donors (Lipinski definition) is 2. The summed E-state index contributed by atoms with van der Waals surface area (Å²) in [6.45, 7) is 5.57. The van der Waals surface area contributed by atoms with Crippen LogP contribution in [0.25, 0.3) is 0 Å². The smallest absolute Gasteiger partial charge is 0.248 e. The van der Waals surface area contributed by atoms with Crippen LogP contribution in [0.15, 0.2) is 42.5 Å². The van der Waals surface area contributed by atoms with Gasteiger partial charge in [0, 0.05) is 11.3 Å². The van der Waals surface area contributed by atoms with Crippen LogP contribution in [0.5, 0.6) is 0 Å². The highest BCUT2D eigenvalue weighted by molar-refractivity contribution is 7.92. The summed E-state index contributed by atoms with van der Waals surface area (Å²) in [5.74, 6) is -1.03. The van der Waals surface area contributed by atoms with Crippen molar-refractivity contribution in [1.29, 1.82) is 0 Å². The Hall–Kier alpha value is -2.87. The maximum Gasteiger partial charge on any atom is 0.248 e. The van der Waals surface area contributed by atoms with E-state index >= 15 is 0 Å². The Kier molecular flexibility index (Phi) is 6.45. The molecule has 7 nitrogen and oxygen atoms in total.